The van der Waals surface area contributed by atoms with Gasteiger partial charge in [-0.1, -0.05) is 78.2 Å². The second-order valence-electron chi connectivity index (χ2n) is 7.69. The van der Waals surface area contributed by atoms with Crippen molar-refractivity contribution in [2.45, 2.75) is 92.4 Å². The van der Waals surface area contributed by atoms with Gasteiger partial charge in [-0.25, -0.2) is 4.79 Å². The molecule has 134 valence electrons. The lowest BCUT2D eigenvalue weighted by Crippen LogP contribution is -2.00. The summed E-state index contributed by atoms with van der Waals surface area (Å²) in [6.45, 7) is 11.3. The Bertz CT molecular complexity index is 324. The maximum Gasteiger partial charge on any atom is 0.328 e. The normalized spacial score (nSPS) is 14.4. The molecular formula is C20H40MgO2. The Morgan fingerprint density at radius 3 is 1.74 bits per heavy atom. The Morgan fingerprint density at radius 1 is 0.870 bits per heavy atom. The van der Waals surface area contributed by atoms with Crippen molar-refractivity contribution in [2.24, 2.45) is 17.8 Å². The molecule has 0 amide bonds. The van der Waals surface area contributed by atoms with E-state index in [2.05, 4.69) is 27.7 Å². The first-order valence-corrected chi connectivity index (χ1v) is 9.21. The summed E-state index contributed by atoms with van der Waals surface area (Å²) in [5, 5.41) is 8.68. The zero-order chi connectivity index (χ0) is 17.0. The summed E-state index contributed by atoms with van der Waals surface area (Å²) in [6, 6.07) is 0. The minimum Gasteiger partial charge on any atom is -0.478 e. The van der Waals surface area contributed by atoms with Crippen molar-refractivity contribution >= 4 is 29.0 Å². The SMILES string of the molecule is C/C(=C\C(=O)O)CCC[C@H](C)CCC[C@H](C)CCCC(C)C.[MgH2]. The van der Waals surface area contributed by atoms with E-state index in [4.69, 9.17) is 5.11 Å². The predicted molar refractivity (Wildman–Crippen MR) is 105 cm³/mol. The molecule has 2 atom stereocenters. The Morgan fingerprint density at radius 2 is 1.30 bits per heavy atom. The first kappa shape index (κ1) is 25.2. The minimum atomic E-state index is -0.822. The van der Waals surface area contributed by atoms with Crippen molar-refractivity contribution in [1.82, 2.24) is 0 Å². The van der Waals surface area contributed by atoms with E-state index >= 15 is 0 Å². The molecule has 0 spiro atoms. The topological polar surface area (TPSA) is 37.3 Å². The molecule has 2 nitrogen and oxygen atoms in total. The maximum absolute atomic E-state index is 10.5. The fourth-order valence-electron chi connectivity index (χ4n) is 2.99. The molecule has 0 bridgehead atoms. The van der Waals surface area contributed by atoms with Crippen LogP contribution < -0.4 is 0 Å². The summed E-state index contributed by atoms with van der Waals surface area (Å²) in [5.74, 6) is 1.65. The fraction of sp³-hybridized carbons (Fsp3) is 0.850. The first-order valence-electron chi connectivity index (χ1n) is 9.21. The lowest BCUT2D eigenvalue weighted by atomic mass is 9.91. The Hall–Kier alpha value is -0.0238. The van der Waals surface area contributed by atoms with E-state index in [0.29, 0.717) is 0 Å². The summed E-state index contributed by atoms with van der Waals surface area (Å²) in [6.07, 6.45) is 12.7. The quantitative estimate of drug-likeness (QED) is 0.354. The van der Waals surface area contributed by atoms with Crippen LogP contribution >= 0.6 is 0 Å². The molecule has 0 aliphatic rings. The van der Waals surface area contributed by atoms with Gasteiger partial charge in [-0.2, -0.15) is 0 Å². The number of hydrogen-bond acceptors (Lipinski definition) is 1. The maximum atomic E-state index is 10.5. The molecule has 0 saturated carbocycles. The summed E-state index contributed by atoms with van der Waals surface area (Å²) in [7, 11) is 0. The first-order chi connectivity index (χ1) is 10.3. The average Bonchev–Trinajstić information content (AvgIpc) is 2.37. The van der Waals surface area contributed by atoms with Gasteiger partial charge in [-0.3, -0.25) is 0 Å². The van der Waals surface area contributed by atoms with Crippen LogP contribution in [-0.4, -0.2) is 34.1 Å². The number of carboxylic acids is 1. The van der Waals surface area contributed by atoms with Crippen molar-refractivity contribution in [2.75, 3.05) is 0 Å². The van der Waals surface area contributed by atoms with Gasteiger partial charge in [0, 0.05) is 6.08 Å². The molecule has 0 heterocycles. The van der Waals surface area contributed by atoms with Crippen molar-refractivity contribution in [3.63, 3.8) is 0 Å². The molecule has 0 fully saturated rings. The summed E-state index contributed by atoms with van der Waals surface area (Å²) in [5.41, 5.74) is 0.985. The molecule has 0 aromatic carbocycles. The highest BCUT2D eigenvalue weighted by atomic mass is 24.3. The van der Waals surface area contributed by atoms with E-state index in [-0.39, 0.29) is 23.1 Å². The van der Waals surface area contributed by atoms with E-state index in [1.807, 2.05) is 6.92 Å². The molecule has 0 aromatic rings. The molecule has 0 radical (unpaired) electrons. The highest BCUT2D eigenvalue weighted by Gasteiger charge is 2.06. The van der Waals surface area contributed by atoms with Gasteiger partial charge in [-0.05, 0) is 37.5 Å². The predicted octanol–water partition coefficient (Wildman–Crippen LogP) is 5.54. The second-order valence-corrected chi connectivity index (χ2v) is 7.69. The molecule has 0 saturated heterocycles. The van der Waals surface area contributed by atoms with Crippen molar-refractivity contribution in [3.05, 3.63) is 11.6 Å². The molecular weight excluding hydrogens is 297 g/mol. The van der Waals surface area contributed by atoms with Gasteiger partial charge in [0.1, 0.15) is 0 Å². The highest BCUT2D eigenvalue weighted by molar-refractivity contribution is 5.80. The summed E-state index contributed by atoms with van der Waals surface area (Å²) in [4.78, 5) is 10.5. The molecule has 3 heteroatoms. The average molecular weight is 337 g/mol. The van der Waals surface area contributed by atoms with Crippen LogP contribution in [0.4, 0.5) is 0 Å². The van der Waals surface area contributed by atoms with Crippen molar-refractivity contribution in [3.8, 4) is 0 Å². The van der Waals surface area contributed by atoms with E-state index in [1.54, 1.807) is 0 Å². The summed E-state index contributed by atoms with van der Waals surface area (Å²) >= 11 is 0. The number of carbonyl (C=O) groups is 1. The van der Waals surface area contributed by atoms with Crippen LogP contribution in [0.15, 0.2) is 11.6 Å². The van der Waals surface area contributed by atoms with Crippen LogP contribution in [0.2, 0.25) is 0 Å². The van der Waals surface area contributed by atoms with Crippen LogP contribution in [0, 0.1) is 17.8 Å². The van der Waals surface area contributed by atoms with Gasteiger partial charge in [0.2, 0.25) is 0 Å². The number of allylic oxidation sites excluding steroid dienone is 1. The standard InChI is InChI=1S/C20H38O2.Mg.2H/c1-16(2)9-6-10-17(3)11-7-12-18(4)13-8-14-19(5)15-20(21)22;;;/h15-18H,6-14H2,1-5H3,(H,21,22);;;/b19-15+;;;/t17-,18-;;;/m1.../s1. The Kier molecular flexibility index (Phi) is 17.0. The molecule has 0 aliphatic carbocycles. The largest absolute Gasteiger partial charge is 0.478 e. The van der Waals surface area contributed by atoms with Gasteiger partial charge >= 0.3 is 29.0 Å². The van der Waals surface area contributed by atoms with Crippen molar-refractivity contribution < 1.29 is 9.90 Å². The highest BCUT2D eigenvalue weighted by Crippen LogP contribution is 2.21. The molecule has 1 N–H and O–H groups in total. The van der Waals surface area contributed by atoms with Crippen LogP contribution in [-0.2, 0) is 4.79 Å². The van der Waals surface area contributed by atoms with E-state index in [9.17, 15) is 4.79 Å². The van der Waals surface area contributed by atoms with Gasteiger partial charge in [0.15, 0.2) is 0 Å². The molecule has 0 aromatic heterocycles. The molecule has 0 unspecified atom stereocenters. The lowest BCUT2D eigenvalue weighted by Gasteiger charge is -2.15. The Balaban J connectivity index is 0. The lowest BCUT2D eigenvalue weighted by molar-refractivity contribution is -0.131. The van der Waals surface area contributed by atoms with Gasteiger partial charge in [0.25, 0.3) is 0 Å². The second kappa shape index (κ2) is 15.5. The van der Waals surface area contributed by atoms with Gasteiger partial charge in [-0.15, -0.1) is 0 Å². The molecule has 23 heavy (non-hydrogen) atoms. The fourth-order valence-corrected chi connectivity index (χ4v) is 2.99. The smallest absolute Gasteiger partial charge is 0.328 e. The third-order valence-electron chi connectivity index (χ3n) is 4.51. The van der Waals surface area contributed by atoms with Crippen LogP contribution in [0.1, 0.15) is 92.4 Å². The van der Waals surface area contributed by atoms with E-state index < -0.39 is 5.97 Å². The molecule has 0 rings (SSSR count). The zero-order valence-electron chi connectivity index (χ0n) is 15.5. The minimum absolute atomic E-state index is 0. The van der Waals surface area contributed by atoms with Crippen LogP contribution in [0.3, 0.4) is 0 Å². The summed E-state index contributed by atoms with van der Waals surface area (Å²) < 4.78 is 0. The Labute approximate surface area is 160 Å². The van der Waals surface area contributed by atoms with E-state index in [0.717, 1.165) is 36.2 Å². The van der Waals surface area contributed by atoms with Gasteiger partial charge in [0.05, 0.1) is 0 Å². The van der Waals surface area contributed by atoms with Gasteiger partial charge < -0.3 is 5.11 Å². The molecule has 0 aliphatic heterocycles. The number of aliphatic carboxylic acids is 1. The third kappa shape index (κ3) is 18.2. The third-order valence-corrected chi connectivity index (χ3v) is 4.51. The van der Waals surface area contributed by atoms with Crippen LogP contribution in [0.5, 0.6) is 0 Å². The van der Waals surface area contributed by atoms with Crippen molar-refractivity contribution in [1.29, 1.82) is 0 Å². The number of hydrogen-bond donors (Lipinski definition) is 1. The monoisotopic (exact) mass is 336 g/mol. The zero-order valence-corrected chi connectivity index (χ0v) is 15.5. The van der Waals surface area contributed by atoms with Crippen LogP contribution in [0.25, 0.3) is 0 Å². The number of rotatable bonds is 13. The number of carboxylic acid groups (broad SMARTS) is 1. The van der Waals surface area contributed by atoms with E-state index in [1.165, 1.54) is 51.0 Å².